The Hall–Kier alpha value is -1.01. The highest BCUT2D eigenvalue weighted by atomic mass is 79.9. The first-order valence-electron chi connectivity index (χ1n) is 7.84. The van der Waals surface area contributed by atoms with E-state index >= 15 is 0 Å². The number of nitrogens with one attached hydrogen (secondary N) is 1. The Labute approximate surface area is 149 Å². The Bertz CT molecular complexity index is 573. The maximum atomic E-state index is 12.0. The second kappa shape index (κ2) is 8.73. The number of esters is 1. The van der Waals surface area contributed by atoms with Crippen molar-refractivity contribution in [2.24, 2.45) is 0 Å². The lowest BCUT2D eigenvalue weighted by Gasteiger charge is -2.17. The molecule has 0 spiro atoms. The van der Waals surface area contributed by atoms with Crippen LogP contribution in [0.15, 0.2) is 27.6 Å². The van der Waals surface area contributed by atoms with E-state index in [1.54, 1.807) is 6.92 Å². The van der Waals surface area contributed by atoms with Crippen molar-refractivity contribution < 1.29 is 14.3 Å². The zero-order chi connectivity index (χ0) is 16.8. The fraction of sp³-hybridized carbons (Fsp3) is 0.529. The van der Waals surface area contributed by atoms with E-state index in [1.165, 1.54) is 11.8 Å². The molecule has 0 aromatic heterocycles. The summed E-state index contributed by atoms with van der Waals surface area (Å²) in [6, 6.07) is 6.15. The molecule has 1 aromatic carbocycles. The highest BCUT2D eigenvalue weighted by Gasteiger charge is 2.23. The molecule has 23 heavy (non-hydrogen) atoms. The van der Waals surface area contributed by atoms with Gasteiger partial charge in [0.15, 0.2) is 6.10 Å². The summed E-state index contributed by atoms with van der Waals surface area (Å²) in [6.07, 6.45) is 3.61. The van der Waals surface area contributed by atoms with Crippen molar-refractivity contribution in [1.82, 2.24) is 5.32 Å². The van der Waals surface area contributed by atoms with Gasteiger partial charge in [-0.05, 0) is 50.5 Å². The number of aryl methyl sites for hydroxylation is 1. The van der Waals surface area contributed by atoms with Crippen LogP contribution in [-0.2, 0) is 14.3 Å². The number of halogens is 1. The highest BCUT2D eigenvalue weighted by molar-refractivity contribution is 9.10. The molecule has 1 fully saturated rings. The monoisotopic (exact) mass is 399 g/mol. The van der Waals surface area contributed by atoms with Crippen LogP contribution in [-0.4, -0.2) is 29.8 Å². The van der Waals surface area contributed by atoms with E-state index in [0.29, 0.717) is 0 Å². The molecular formula is C17H22BrNO3S. The normalized spacial score (nSPS) is 16.1. The summed E-state index contributed by atoms with van der Waals surface area (Å²) in [5.41, 5.74) is 1.10. The van der Waals surface area contributed by atoms with Gasteiger partial charge in [0, 0.05) is 15.4 Å². The molecule has 1 aromatic rings. The smallest absolute Gasteiger partial charge is 0.317 e. The third kappa shape index (κ3) is 5.84. The molecule has 0 unspecified atom stereocenters. The second-order valence-corrected chi connectivity index (χ2v) is 7.75. The third-order valence-corrected chi connectivity index (χ3v) is 5.50. The predicted octanol–water partition coefficient (Wildman–Crippen LogP) is 3.84. The topological polar surface area (TPSA) is 55.4 Å². The van der Waals surface area contributed by atoms with Crippen molar-refractivity contribution in [3.05, 3.63) is 28.2 Å². The lowest BCUT2D eigenvalue weighted by Crippen LogP contribution is -2.41. The molecule has 126 valence electrons. The molecule has 0 radical (unpaired) electrons. The summed E-state index contributed by atoms with van der Waals surface area (Å²) in [5, 5.41) is 2.94. The van der Waals surface area contributed by atoms with Crippen molar-refractivity contribution >= 4 is 39.6 Å². The zero-order valence-electron chi connectivity index (χ0n) is 13.4. The summed E-state index contributed by atoms with van der Waals surface area (Å²) in [5.74, 6) is -0.370. The molecule has 1 aliphatic rings. The van der Waals surface area contributed by atoms with E-state index in [-0.39, 0.29) is 23.7 Å². The Kier molecular flexibility index (Phi) is 6.96. The summed E-state index contributed by atoms with van der Waals surface area (Å²) < 4.78 is 6.24. The SMILES string of the molecule is Cc1cc(Br)ccc1SCC(=O)O[C@@H](C)C(=O)NC1CCCC1. The number of thioether (sulfide) groups is 1. The largest absolute Gasteiger partial charge is 0.452 e. The van der Waals surface area contributed by atoms with Gasteiger partial charge in [0.25, 0.3) is 5.91 Å². The molecule has 0 heterocycles. The van der Waals surface area contributed by atoms with Crippen molar-refractivity contribution in [2.75, 3.05) is 5.75 Å². The van der Waals surface area contributed by atoms with Gasteiger partial charge in [-0.3, -0.25) is 9.59 Å². The Morgan fingerprint density at radius 1 is 1.39 bits per heavy atom. The summed E-state index contributed by atoms with van der Waals surface area (Å²) >= 11 is 4.84. The second-order valence-electron chi connectivity index (χ2n) is 5.82. The van der Waals surface area contributed by atoms with Crippen LogP contribution in [0.5, 0.6) is 0 Å². The first-order chi connectivity index (χ1) is 11.0. The van der Waals surface area contributed by atoms with E-state index in [0.717, 1.165) is 40.6 Å². The van der Waals surface area contributed by atoms with Gasteiger partial charge in [-0.1, -0.05) is 28.8 Å². The zero-order valence-corrected chi connectivity index (χ0v) is 15.8. The Morgan fingerprint density at radius 2 is 2.09 bits per heavy atom. The maximum Gasteiger partial charge on any atom is 0.317 e. The Balaban J connectivity index is 1.75. The van der Waals surface area contributed by atoms with E-state index in [9.17, 15) is 9.59 Å². The number of amides is 1. The lowest BCUT2D eigenvalue weighted by molar-refractivity contribution is -0.152. The lowest BCUT2D eigenvalue weighted by atomic mass is 10.2. The average molecular weight is 400 g/mol. The fourth-order valence-electron chi connectivity index (χ4n) is 2.58. The van der Waals surface area contributed by atoms with E-state index in [2.05, 4.69) is 21.2 Å². The van der Waals surface area contributed by atoms with Crippen LogP contribution in [0.3, 0.4) is 0 Å². The molecule has 1 saturated carbocycles. The van der Waals surface area contributed by atoms with Gasteiger partial charge >= 0.3 is 5.97 Å². The molecule has 1 amide bonds. The standard InChI is InChI=1S/C17H22BrNO3S/c1-11-9-13(18)7-8-15(11)23-10-16(20)22-12(2)17(21)19-14-5-3-4-6-14/h7-9,12,14H,3-6,10H2,1-2H3,(H,19,21)/t12-/m0/s1. The van der Waals surface area contributed by atoms with Gasteiger partial charge in [-0.25, -0.2) is 0 Å². The van der Waals surface area contributed by atoms with Crippen LogP contribution in [0.25, 0.3) is 0 Å². The van der Waals surface area contributed by atoms with Crippen LogP contribution in [0.4, 0.5) is 0 Å². The number of carbonyl (C=O) groups is 2. The van der Waals surface area contributed by atoms with Crippen LogP contribution < -0.4 is 5.32 Å². The molecule has 1 aliphatic carbocycles. The molecule has 0 bridgehead atoms. The summed E-state index contributed by atoms with van der Waals surface area (Å²) in [4.78, 5) is 24.9. The minimum atomic E-state index is -0.741. The van der Waals surface area contributed by atoms with Crippen molar-refractivity contribution in [3.63, 3.8) is 0 Å². The van der Waals surface area contributed by atoms with Crippen molar-refractivity contribution in [3.8, 4) is 0 Å². The van der Waals surface area contributed by atoms with Gasteiger partial charge in [-0.15, -0.1) is 11.8 Å². The van der Waals surface area contributed by atoms with Crippen LogP contribution >= 0.6 is 27.7 Å². The average Bonchev–Trinajstić information content (AvgIpc) is 2.99. The van der Waals surface area contributed by atoms with Gasteiger partial charge in [0.2, 0.25) is 0 Å². The molecule has 1 N–H and O–H groups in total. The number of hydrogen-bond acceptors (Lipinski definition) is 4. The number of benzene rings is 1. The first-order valence-corrected chi connectivity index (χ1v) is 9.62. The third-order valence-electron chi connectivity index (χ3n) is 3.86. The van der Waals surface area contributed by atoms with E-state index < -0.39 is 6.10 Å². The molecule has 6 heteroatoms. The van der Waals surface area contributed by atoms with Crippen molar-refractivity contribution in [2.45, 2.75) is 56.6 Å². The van der Waals surface area contributed by atoms with Gasteiger partial charge < -0.3 is 10.1 Å². The minimum absolute atomic E-state index is 0.198. The van der Waals surface area contributed by atoms with Gasteiger partial charge in [-0.2, -0.15) is 0 Å². The number of hydrogen-bond donors (Lipinski definition) is 1. The van der Waals surface area contributed by atoms with E-state index in [4.69, 9.17) is 4.74 Å². The van der Waals surface area contributed by atoms with Gasteiger partial charge in [0.1, 0.15) is 0 Å². The van der Waals surface area contributed by atoms with E-state index in [1.807, 2.05) is 25.1 Å². The van der Waals surface area contributed by atoms with Crippen LogP contribution in [0.1, 0.15) is 38.2 Å². The molecule has 0 saturated heterocycles. The molecular weight excluding hydrogens is 378 g/mol. The number of ether oxygens (including phenoxy) is 1. The predicted molar refractivity (Wildman–Crippen MR) is 95.6 cm³/mol. The maximum absolute atomic E-state index is 12.0. The first kappa shape index (κ1) is 18.3. The van der Waals surface area contributed by atoms with Crippen LogP contribution in [0.2, 0.25) is 0 Å². The quantitative estimate of drug-likeness (QED) is 0.582. The number of carbonyl (C=O) groups excluding carboxylic acids is 2. The summed E-state index contributed by atoms with van der Waals surface area (Å²) in [7, 11) is 0. The minimum Gasteiger partial charge on any atom is -0.452 e. The molecule has 0 aliphatic heterocycles. The summed E-state index contributed by atoms with van der Waals surface area (Å²) in [6.45, 7) is 3.62. The van der Waals surface area contributed by atoms with Gasteiger partial charge in [0.05, 0.1) is 5.75 Å². The number of rotatable bonds is 6. The molecule has 1 atom stereocenters. The highest BCUT2D eigenvalue weighted by Crippen LogP contribution is 2.25. The van der Waals surface area contributed by atoms with Crippen molar-refractivity contribution in [1.29, 1.82) is 0 Å². The fourth-order valence-corrected chi connectivity index (χ4v) is 3.85. The molecule has 4 nitrogen and oxygen atoms in total. The molecule has 2 rings (SSSR count). The Morgan fingerprint density at radius 3 is 2.74 bits per heavy atom. The van der Waals surface area contributed by atoms with Crippen LogP contribution in [0, 0.1) is 6.92 Å².